The first-order valence-corrected chi connectivity index (χ1v) is 8.29. The number of ether oxygens (including phenoxy) is 2. The van der Waals surface area contributed by atoms with E-state index in [1.165, 1.54) is 6.07 Å². The third-order valence-electron chi connectivity index (χ3n) is 3.21. The van der Waals surface area contributed by atoms with Gasteiger partial charge in [0.2, 0.25) is 0 Å². The molecule has 0 spiro atoms. The lowest BCUT2D eigenvalue weighted by Gasteiger charge is -2.08. The first-order chi connectivity index (χ1) is 12.0. The van der Waals surface area contributed by atoms with Crippen LogP contribution in [0.25, 0.3) is 0 Å². The fourth-order valence-corrected chi connectivity index (χ4v) is 2.73. The van der Waals surface area contributed by atoms with Gasteiger partial charge in [-0.3, -0.25) is 14.9 Å². The number of thioether (sulfide) groups is 1. The number of rotatable bonds is 7. The number of carbonyl (C=O) groups excluding carboxylic acids is 1. The molecule has 0 bridgehead atoms. The van der Waals surface area contributed by atoms with Crippen molar-refractivity contribution in [1.29, 1.82) is 0 Å². The fraction of sp³-hybridized carbons (Fsp3) is 0.235. The van der Waals surface area contributed by atoms with Gasteiger partial charge in [-0.25, -0.2) is 0 Å². The van der Waals surface area contributed by atoms with Gasteiger partial charge in [0, 0.05) is 6.07 Å². The number of nitro benzene ring substituents is 1. The summed E-state index contributed by atoms with van der Waals surface area (Å²) in [4.78, 5) is 22.8. The maximum Gasteiger partial charge on any atom is 0.284 e. The molecule has 8 heteroatoms. The molecule has 0 unspecified atom stereocenters. The third-order valence-corrected chi connectivity index (χ3v) is 4.11. The average Bonchev–Trinajstić information content (AvgIpc) is 2.60. The van der Waals surface area contributed by atoms with Crippen LogP contribution in [0, 0.1) is 17.0 Å². The van der Waals surface area contributed by atoms with Crippen molar-refractivity contribution < 1.29 is 19.2 Å². The summed E-state index contributed by atoms with van der Waals surface area (Å²) in [5.74, 6) is 1.40. The highest BCUT2D eigenvalue weighted by Gasteiger charge is 2.17. The van der Waals surface area contributed by atoms with E-state index < -0.39 is 4.92 Å². The van der Waals surface area contributed by atoms with Gasteiger partial charge in [0.15, 0.2) is 0 Å². The molecule has 0 atom stereocenters. The van der Waals surface area contributed by atoms with Crippen molar-refractivity contribution in [1.82, 2.24) is 5.32 Å². The molecule has 25 heavy (non-hydrogen) atoms. The number of benzene rings is 2. The van der Waals surface area contributed by atoms with Crippen LogP contribution in [0.15, 0.2) is 47.4 Å². The molecule has 2 rings (SSSR count). The summed E-state index contributed by atoms with van der Waals surface area (Å²) in [5, 5.41) is 13.3. The van der Waals surface area contributed by atoms with Gasteiger partial charge in [-0.1, -0.05) is 6.07 Å². The van der Waals surface area contributed by atoms with Crippen LogP contribution in [0.4, 0.5) is 10.5 Å². The number of nitrogens with zero attached hydrogens (tertiary/aromatic N) is 1. The maximum atomic E-state index is 11.9. The standard InChI is InChI=1S/C17H18N2O5S/c1-12-3-8-16(15(11-12)19(21)22)25-17(20)18-9-10-24-14-6-4-13(23-2)5-7-14/h3-8,11H,9-10H2,1-2H3,(H,18,20). The van der Waals surface area contributed by atoms with Crippen molar-refractivity contribution >= 4 is 22.7 Å². The number of aryl methyl sites for hydroxylation is 1. The lowest BCUT2D eigenvalue weighted by atomic mass is 10.2. The lowest BCUT2D eigenvalue weighted by molar-refractivity contribution is -0.387. The molecule has 1 amide bonds. The highest BCUT2D eigenvalue weighted by molar-refractivity contribution is 8.13. The smallest absolute Gasteiger partial charge is 0.284 e. The van der Waals surface area contributed by atoms with E-state index in [0.717, 1.165) is 23.1 Å². The summed E-state index contributed by atoms with van der Waals surface area (Å²) in [5.41, 5.74) is 0.694. The Hall–Kier alpha value is -2.74. The van der Waals surface area contributed by atoms with Crippen LogP contribution in [-0.2, 0) is 0 Å². The van der Waals surface area contributed by atoms with E-state index in [2.05, 4.69) is 5.32 Å². The van der Waals surface area contributed by atoms with Crippen molar-refractivity contribution in [3.63, 3.8) is 0 Å². The van der Waals surface area contributed by atoms with Crippen molar-refractivity contribution in [2.75, 3.05) is 20.3 Å². The van der Waals surface area contributed by atoms with Gasteiger partial charge >= 0.3 is 0 Å². The van der Waals surface area contributed by atoms with Crippen LogP contribution >= 0.6 is 11.8 Å². The summed E-state index contributed by atoms with van der Waals surface area (Å²) in [6, 6.07) is 11.8. The molecule has 0 aliphatic heterocycles. The number of methoxy groups -OCH3 is 1. The molecule has 0 saturated heterocycles. The minimum Gasteiger partial charge on any atom is -0.497 e. The number of nitro groups is 1. The molecule has 0 aliphatic rings. The molecular weight excluding hydrogens is 344 g/mol. The largest absolute Gasteiger partial charge is 0.497 e. The van der Waals surface area contributed by atoms with Gasteiger partial charge in [-0.2, -0.15) is 0 Å². The third kappa shape index (κ3) is 5.68. The first kappa shape index (κ1) is 18.6. The molecular formula is C17H18N2O5S. The molecule has 0 radical (unpaired) electrons. The van der Waals surface area contributed by atoms with Crippen molar-refractivity contribution in [2.24, 2.45) is 0 Å². The fourth-order valence-electron chi connectivity index (χ4n) is 1.99. The van der Waals surface area contributed by atoms with E-state index >= 15 is 0 Å². The highest BCUT2D eigenvalue weighted by atomic mass is 32.2. The number of carbonyl (C=O) groups is 1. The number of hydrogen-bond acceptors (Lipinski definition) is 6. The van der Waals surface area contributed by atoms with E-state index in [4.69, 9.17) is 9.47 Å². The van der Waals surface area contributed by atoms with Crippen molar-refractivity contribution in [3.8, 4) is 11.5 Å². The Balaban J connectivity index is 1.80. The van der Waals surface area contributed by atoms with Crippen molar-refractivity contribution in [3.05, 3.63) is 58.1 Å². The van der Waals surface area contributed by atoms with Gasteiger partial charge in [-0.15, -0.1) is 0 Å². The predicted octanol–water partition coefficient (Wildman–Crippen LogP) is 3.79. The topological polar surface area (TPSA) is 90.7 Å². The van der Waals surface area contributed by atoms with Gasteiger partial charge in [0.1, 0.15) is 18.1 Å². The average molecular weight is 362 g/mol. The molecule has 2 aromatic carbocycles. The second kappa shape index (κ2) is 8.93. The molecule has 7 nitrogen and oxygen atoms in total. The first-order valence-electron chi connectivity index (χ1n) is 7.47. The predicted molar refractivity (Wildman–Crippen MR) is 95.6 cm³/mol. The molecule has 0 saturated carbocycles. The van der Waals surface area contributed by atoms with Gasteiger partial charge in [-0.05, 0) is 54.6 Å². The summed E-state index contributed by atoms with van der Waals surface area (Å²) in [7, 11) is 1.58. The number of hydrogen-bond donors (Lipinski definition) is 1. The summed E-state index contributed by atoms with van der Waals surface area (Å²) in [6.45, 7) is 2.34. The molecule has 0 fully saturated rings. The van der Waals surface area contributed by atoms with E-state index in [-0.39, 0.29) is 24.1 Å². The lowest BCUT2D eigenvalue weighted by Crippen LogP contribution is -2.24. The summed E-state index contributed by atoms with van der Waals surface area (Å²) in [6.07, 6.45) is 0. The zero-order chi connectivity index (χ0) is 18.2. The Morgan fingerprint density at radius 2 is 1.88 bits per heavy atom. The Morgan fingerprint density at radius 3 is 2.52 bits per heavy atom. The molecule has 132 valence electrons. The van der Waals surface area contributed by atoms with Crippen LogP contribution in [0.5, 0.6) is 11.5 Å². The number of nitrogens with one attached hydrogen (secondary N) is 1. The number of amides is 1. The van der Waals surface area contributed by atoms with Crippen LogP contribution in [0.3, 0.4) is 0 Å². The minimum atomic E-state index is -0.491. The quantitative estimate of drug-likeness (QED) is 0.349. The Labute approximate surface area is 149 Å². The normalized spacial score (nSPS) is 10.2. The molecule has 0 aromatic heterocycles. The molecule has 0 heterocycles. The highest BCUT2D eigenvalue weighted by Crippen LogP contribution is 2.30. The van der Waals surface area contributed by atoms with Gasteiger partial charge in [0.25, 0.3) is 10.9 Å². The maximum absolute atomic E-state index is 11.9. The van der Waals surface area contributed by atoms with Crippen LogP contribution in [-0.4, -0.2) is 30.4 Å². The van der Waals surface area contributed by atoms with E-state index in [0.29, 0.717) is 10.6 Å². The minimum absolute atomic E-state index is 0.0744. The van der Waals surface area contributed by atoms with Crippen LogP contribution in [0.2, 0.25) is 0 Å². The van der Waals surface area contributed by atoms with Gasteiger partial charge < -0.3 is 14.8 Å². The zero-order valence-electron chi connectivity index (χ0n) is 13.9. The zero-order valence-corrected chi connectivity index (χ0v) is 14.7. The second-order valence-electron chi connectivity index (χ2n) is 5.07. The monoisotopic (exact) mass is 362 g/mol. The SMILES string of the molecule is COc1ccc(OCCNC(=O)Sc2ccc(C)cc2[N+](=O)[O-])cc1. The van der Waals surface area contributed by atoms with Crippen LogP contribution in [0.1, 0.15) is 5.56 Å². The molecule has 0 aliphatic carbocycles. The summed E-state index contributed by atoms with van der Waals surface area (Å²) < 4.78 is 10.5. The second-order valence-corrected chi connectivity index (χ2v) is 6.08. The van der Waals surface area contributed by atoms with E-state index in [9.17, 15) is 14.9 Å². The van der Waals surface area contributed by atoms with Crippen LogP contribution < -0.4 is 14.8 Å². The summed E-state index contributed by atoms with van der Waals surface area (Å²) >= 11 is 0.795. The Morgan fingerprint density at radius 1 is 1.20 bits per heavy atom. The molecule has 2 aromatic rings. The molecule has 1 N–H and O–H groups in total. The van der Waals surface area contributed by atoms with Crippen molar-refractivity contribution in [2.45, 2.75) is 11.8 Å². The Bertz CT molecular complexity index is 749. The van der Waals surface area contributed by atoms with Gasteiger partial charge in [0.05, 0.1) is 23.5 Å². The van der Waals surface area contributed by atoms with E-state index in [1.807, 2.05) is 0 Å². The van der Waals surface area contributed by atoms with E-state index in [1.54, 1.807) is 50.4 Å². The Kier molecular flexibility index (Phi) is 6.64.